The van der Waals surface area contributed by atoms with E-state index in [0.717, 1.165) is 38.4 Å². The van der Waals surface area contributed by atoms with E-state index in [2.05, 4.69) is 24.1 Å². The molecule has 2 atom stereocenters. The third kappa shape index (κ3) is 2.76. The van der Waals surface area contributed by atoms with Gasteiger partial charge >= 0.3 is 0 Å². The van der Waals surface area contributed by atoms with E-state index in [9.17, 15) is 4.79 Å². The van der Waals surface area contributed by atoms with Crippen LogP contribution in [-0.2, 0) is 4.79 Å². The molecule has 2 saturated heterocycles. The number of carbonyl (C=O) groups excluding carboxylic acids is 1. The molecule has 2 heterocycles. The fourth-order valence-electron chi connectivity index (χ4n) is 2.84. The molecular weight excluding hydrogens is 200 g/mol. The van der Waals surface area contributed by atoms with Gasteiger partial charge in [0.2, 0.25) is 5.91 Å². The van der Waals surface area contributed by atoms with Crippen LogP contribution in [0.3, 0.4) is 0 Å². The summed E-state index contributed by atoms with van der Waals surface area (Å²) in [6.45, 7) is 7.44. The summed E-state index contributed by atoms with van der Waals surface area (Å²) in [4.78, 5) is 14.4. The second-order valence-corrected chi connectivity index (χ2v) is 5.58. The molecule has 0 aliphatic carbocycles. The van der Waals surface area contributed by atoms with Crippen molar-refractivity contribution in [3.05, 3.63) is 0 Å². The highest BCUT2D eigenvalue weighted by molar-refractivity contribution is 5.79. The quantitative estimate of drug-likeness (QED) is 0.734. The average Bonchev–Trinajstić information content (AvgIpc) is 2.29. The lowest BCUT2D eigenvalue weighted by Gasteiger charge is -2.35. The van der Waals surface area contributed by atoms with Crippen molar-refractivity contribution in [2.75, 3.05) is 19.6 Å². The third-order valence-electron chi connectivity index (χ3n) is 4.07. The van der Waals surface area contributed by atoms with Crippen LogP contribution >= 0.6 is 0 Å². The van der Waals surface area contributed by atoms with Gasteiger partial charge in [-0.05, 0) is 45.1 Å². The van der Waals surface area contributed by atoms with Crippen molar-refractivity contribution in [2.24, 2.45) is 11.8 Å². The van der Waals surface area contributed by atoms with E-state index >= 15 is 0 Å². The van der Waals surface area contributed by atoms with E-state index in [1.165, 1.54) is 12.8 Å². The summed E-state index contributed by atoms with van der Waals surface area (Å²) >= 11 is 0. The molecule has 92 valence electrons. The molecule has 0 bridgehead atoms. The minimum Gasteiger partial charge on any atom is -0.342 e. The monoisotopic (exact) mass is 224 g/mol. The lowest BCUT2D eigenvalue weighted by molar-refractivity contribution is -0.138. The molecule has 0 unspecified atom stereocenters. The molecule has 0 aromatic rings. The van der Waals surface area contributed by atoms with Crippen LogP contribution in [0.1, 0.15) is 39.5 Å². The minimum atomic E-state index is 0.282. The SMILES string of the molecule is CC1CCN(C(=O)[C@H]2CCN[C@@H](C)C2)CC1. The first-order valence-electron chi connectivity index (χ1n) is 6.69. The molecule has 0 spiro atoms. The van der Waals surface area contributed by atoms with Gasteiger partial charge in [-0.15, -0.1) is 0 Å². The van der Waals surface area contributed by atoms with Gasteiger partial charge in [0.05, 0.1) is 0 Å². The Morgan fingerprint density at radius 3 is 2.50 bits per heavy atom. The molecule has 0 aromatic carbocycles. The van der Waals surface area contributed by atoms with E-state index in [0.29, 0.717) is 11.9 Å². The van der Waals surface area contributed by atoms with Crippen molar-refractivity contribution in [3.63, 3.8) is 0 Å². The number of amides is 1. The topological polar surface area (TPSA) is 32.3 Å². The summed E-state index contributed by atoms with van der Waals surface area (Å²) in [5.74, 6) is 1.50. The number of piperidine rings is 2. The van der Waals surface area contributed by atoms with Crippen molar-refractivity contribution in [2.45, 2.75) is 45.6 Å². The van der Waals surface area contributed by atoms with Crippen molar-refractivity contribution in [1.82, 2.24) is 10.2 Å². The van der Waals surface area contributed by atoms with Gasteiger partial charge in [0.15, 0.2) is 0 Å². The maximum atomic E-state index is 12.3. The van der Waals surface area contributed by atoms with Gasteiger partial charge in [0.1, 0.15) is 0 Å². The van der Waals surface area contributed by atoms with Crippen LogP contribution in [-0.4, -0.2) is 36.5 Å². The number of nitrogens with one attached hydrogen (secondary N) is 1. The summed E-state index contributed by atoms with van der Waals surface area (Å²) in [5, 5.41) is 3.41. The van der Waals surface area contributed by atoms with Crippen LogP contribution in [0, 0.1) is 11.8 Å². The fraction of sp³-hybridized carbons (Fsp3) is 0.923. The molecule has 1 amide bonds. The second kappa shape index (κ2) is 5.17. The Balaban J connectivity index is 1.86. The number of hydrogen-bond acceptors (Lipinski definition) is 2. The highest BCUT2D eigenvalue weighted by atomic mass is 16.2. The van der Waals surface area contributed by atoms with E-state index < -0.39 is 0 Å². The second-order valence-electron chi connectivity index (χ2n) is 5.58. The van der Waals surface area contributed by atoms with Gasteiger partial charge in [0, 0.05) is 25.0 Å². The van der Waals surface area contributed by atoms with Crippen LogP contribution in [0.25, 0.3) is 0 Å². The van der Waals surface area contributed by atoms with Crippen LogP contribution < -0.4 is 5.32 Å². The lowest BCUT2D eigenvalue weighted by atomic mass is 9.90. The Labute approximate surface area is 98.6 Å². The molecule has 3 heteroatoms. The number of likely N-dealkylation sites (tertiary alicyclic amines) is 1. The summed E-state index contributed by atoms with van der Waals surface area (Å²) in [6.07, 6.45) is 4.42. The highest BCUT2D eigenvalue weighted by Gasteiger charge is 2.29. The maximum Gasteiger partial charge on any atom is 0.225 e. The molecule has 2 aliphatic rings. The molecule has 16 heavy (non-hydrogen) atoms. The number of rotatable bonds is 1. The Bertz CT molecular complexity index is 246. The van der Waals surface area contributed by atoms with Crippen molar-refractivity contribution in [1.29, 1.82) is 0 Å². The zero-order chi connectivity index (χ0) is 11.5. The van der Waals surface area contributed by atoms with Gasteiger partial charge < -0.3 is 10.2 Å². The normalized spacial score (nSPS) is 32.8. The standard InChI is InChI=1S/C13H24N2O/c1-10-4-7-15(8-5-10)13(16)12-3-6-14-11(2)9-12/h10-12,14H,3-9H2,1-2H3/t11-,12-/m0/s1. The zero-order valence-corrected chi connectivity index (χ0v) is 10.5. The Morgan fingerprint density at radius 1 is 1.19 bits per heavy atom. The Hall–Kier alpha value is -0.570. The zero-order valence-electron chi connectivity index (χ0n) is 10.5. The molecule has 2 fully saturated rings. The largest absolute Gasteiger partial charge is 0.342 e. The minimum absolute atomic E-state index is 0.282. The van der Waals surface area contributed by atoms with E-state index in [1.807, 2.05) is 0 Å². The molecule has 2 aliphatic heterocycles. The first-order valence-corrected chi connectivity index (χ1v) is 6.69. The lowest BCUT2D eigenvalue weighted by Crippen LogP contribution is -2.46. The Morgan fingerprint density at radius 2 is 1.88 bits per heavy atom. The summed E-state index contributed by atoms with van der Waals surface area (Å²) < 4.78 is 0. The van der Waals surface area contributed by atoms with E-state index in [1.54, 1.807) is 0 Å². The number of nitrogens with zero attached hydrogens (tertiary/aromatic N) is 1. The number of carbonyl (C=O) groups is 1. The van der Waals surface area contributed by atoms with Gasteiger partial charge in [0.25, 0.3) is 0 Å². The van der Waals surface area contributed by atoms with Gasteiger partial charge in [-0.1, -0.05) is 6.92 Å². The fourth-order valence-corrected chi connectivity index (χ4v) is 2.84. The highest BCUT2D eigenvalue weighted by Crippen LogP contribution is 2.22. The summed E-state index contributed by atoms with van der Waals surface area (Å²) in [6, 6.07) is 0.506. The molecule has 2 rings (SSSR count). The van der Waals surface area contributed by atoms with Crippen LogP contribution in [0.5, 0.6) is 0 Å². The smallest absolute Gasteiger partial charge is 0.225 e. The first-order chi connectivity index (χ1) is 7.66. The number of hydrogen-bond donors (Lipinski definition) is 1. The molecular formula is C13H24N2O. The summed E-state index contributed by atoms with van der Waals surface area (Å²) in [7, 11) is 0. The predicted molar refractivity (Wildman–Crippen MR) is 65.2 cm³/mol. The first kappa shape index (κ1) is 11.9. The Kier molecular flexibility index (Phi) is 3.85. The van der Waals surface area contributed by atoms with Gasteiger partial charge in [-0.25, -0.2) is 0 Å². The van der Waals surface area contributed by atoms with Crippen LogP contribution in [0.15, 0.2) is 0 Å². The van der Waals surface area contributed by atoms with Crippen molar-refractivity contribution in [3.8, 4) is 0 Å². The van der Waals surface area contributed by atoms with Crippen molar-refractivity contribution >= 4 is 5.91 Å². The molecule has 3 nitrogen and oxygen atoms in total. The van der Waals surface area contributed by atoms with E-state index in [-0.39, 0.29) is 5.92 Å². The molecule has 0 radical (unpaired) electrons. The van der Waals surface area contributed by atoms with E-state index in [4.69, 9.17) is 0 Å². The van der Waals surface area contributed by atoms with Gasteiger partial charge in [-0.2, -0.15) is 0 Å². The van der Waals surface area contributed by atoms with Crippen LogP contribution in [0.2, 0.25) is 0 Å². The van der Waals surface area contributed by atoms with Crippen molar-refractivity contribution < 1.29 is 4.79 Å². The molecule has 0 aromatic heterocycles. The average molecular weight is 224 g/mol. The third-order valence-corrected chi connectivity index (χ3v) is 4.07. The maximum absolute atomic E-state index is 12.3. The summed E-state index contributed by atoms with van der Waals surface area (Å²) in [5.41, 5.74) is 0. The molecule has 1 N–H and O–H groups in total. The predicted octanol–water partition coefficient (Wildman–Crippen LogP) is 1.63. The van der Waals surface area contributed by atoms with Crippen LogP contribution in [0.4, 0.5) is 0 Å². The molecule has 0 saturated carbocycles. The van der Waals surface area contributed by atoms with Gasteiger partial charge in [-0.3, -0.25) is 4.79 Å².